The standard InChI is InChI=1S/C33H40N4O6/c1-7-18-14(3)22(12-25-19(8-2)16(5)32(41)36-25)34-24(18)13-23-17(6)28-26(38)11-21(31(28)35-23)30-20(9-10-27(39)40)15(4)29(37-30)33(42)43/h8,15,20,25,29,34-35,37H,2,7,9-13H2,1,3-6H3,(H,36,41)(H,39,40)(H,42,43)/b30-21+/t15-,20?,25?,29?/m0/s1. The van der Waals surface area contributed by atoms with Gasteiger partial charge in [0.2, 0.25) is 5.91 Å². The Morgan fingerprint density at radius 1 is 1.02 bits per heavy atom. The lowest BCUT2D eigenvalue weighted by Crippen LogP contribution is -2.34. The zero-order chi connectivity index (χ0) is 31.3. The largest absolute Gasteiger partial charge is 0.481 e. The minimum absolute atomic E-state index is 0.0298. The second-order valence-electron chi connectivity index (χ2n) is 12.1. The predicted molar refractivity (Wildman–Crippen MR) is 162 cm³/mol. The molecule has 10 nitrogen and oxygen atoms in total. The van der Waals surface area contributed by atoms with E-state index in [-0.39, 0.29) is 48.8 Å². The van der Waals surface area contributed by atoms with Crippen LogP contribution < -0.4 is 10.6 Å². The monoisotopic (exact) mass is 588 g/mol. The van der Waals surface area contributed by atoms with Gasteiger partial charge in [0.05, 0.1) is 11.7 Å². The van der Waals surface area contributed by atoms with E-state index in [0.717, 1.165) is 45.8 Å². The van der Waals surface area contributed by atoms with Crippen LogP contribution in [0, 0.1) is 25.7 Å². The molecule has 43 heavy (non-hydrogen) atoms. The molecular weight excluding hydrogens is 548 g/mol. The number of hydrogen-bond acceptors (Lipinski definition) is 5. The summed E-state index contributed by atoms with van der Waals surface area (Å²) in [6.45, 7) is 13.7. The van der Waals surface area contributed by atoms with Crippen molar-refractivity contribution in [2.75, 3.05) is 0 Å². The number of Topliss-reactive ketones (excluding diaryl/α,β-unsaturated/α-hetero) is 1. The lowest BCUT2D eigenvalue weighted by Gasteiger charge is -2.17. The van der Waals surface area contributed by atoms with E-state index in [2.05, 4.69) is 41.0 Å². The Morgan fingerprint density at radius 3 is 2.37 bits per heavy atom. The first-order valence-corrected chi connectivity index (χ1v) is 14.9. The summed E-state index contributed by atoms with van der Waals surface area (Å²) in [4.78, 5) is 56.1. The highest BCUT2D eigenvalue weighted by Gasteiger charge is 2.44. The van der Waals surface area contributed by atoms with Crippen LogP contribution in [0.15, 0.2) is 29.5 Å². The van der Waals surface area contributed by atoms with Gasteiger partial charge in [-0.3, -0.25) is 14.4 Å². The van der Waals surface area contributed by atoms with E-state index < -0.39 is 18.0 Å². The van der Waals surface area contributed by atoms with E-state index >= 15 is 0 Å². The number of nitrogens with one attached hydrogen (secondary N) is 4. The summed E-state index contributed by atoms with van der Waals surface area (Å²) >= 11 is 0. The second-order valence-corrected chi connectivity index (χ2v) is 12.1. The lowest BCUT2D eigenvalue weighted by molar-refractivity contribution is -0.140. The Bertz CT molecular complexity index is 1620. The average molecular weight is 589 g/mol. The fourth-order valence-corrected chi connectivity index (χ4v) is 7.32. The predicted octanol–water partition coefficient (Wildman–Crippen LogP) is 4.13. The Labute approximate surface area is 250 Å². The van der Waals surface area contributed by atoms with Gasteiger partial charge in [0.25, 0.3) is 0 Å². The SMILES string of the molecule is C=CC1=C(C)C(=O)NC1Cc1[nH]c(Cc2[nH]c3c(c2C)C(=O)C/C3=C2\NC(C(=O)O)[C@@H](C)C2CCC(=O)O)c(CC)c1C. The van der Waals surface area contributed by atoms with Gasteiger partial charge < -0.3 is 30.8 Å². The third-order valence-electron chi connectivity index (χ3n) is 9.74. The molecule has 1 fully saturated rings. The van der Waals surface area contributed by atoms with Crippen molar-refractivity contribution in [3.05, 3.63) is 74.5 Å². The third-order valence-corrected chi connectivity index (χ3v) is 9.74. The number of rotatable bonds is 10. The normalized spacial score (nSPS) is 24.9. The number of ketones is 1. The molecule has 4 atom stereocenters. The quantitative estimate of drug-likeness (QED) is 0.243. The van der Waals surface area contributed by atoms with E-state index in [4.69, 9.17) is 0 Å². The molecule has 0 saturated carbocycles. The van der Waals surface area contributed by atoms with E-state index in [0.29, 0.717) is 35.4 Å². The fraction of sp³-hybridized carbons (Fsp3) is 0.455. The summed E-state index contributed by atoms with van der Waals surface area (Å²) in [6.07, 6.45) is 4.07. The van der Waals surface area contributed by atoms with Crippen molar-refractivity contribution < 1.29 is 29.4 Å². The van der Waals surface area contributed by atoms with Crippen LogP contribution in [0.1, 0.15) is 89.9 Å². The topological polar surface area (TPSA) is 164 Å². The van der Waals surface area contributed by atoms with Crippen LogP contribution in [0.25, 0.3) is 5.57 Å². The zero-order valence-corrected chi connectivity index (χ0v) is 25.4. The number of aliphatic carboxylic acids is 2. The van der Waals surface area contributed by atoms with Crippen LogP contribution in [0.4, 0.5) is 0 Å². The van der Waals surface area contributed by atoms with E-state index in [1.165, 1.54) is 5.56 Å². The van der Waals surface area contributed by atoms with Crippen LogP contribution >= 0.6 is 0 Å². The first-order chi connectivity index (χ1) is 20.4. The Kier molecular flexibility index (Phi) is 7.98. The van der Waals surface area contributed by atoms with E-state index in [9.17, 15) is 29.4 Å². The molecule has 228 valence electrons. The third kappa shape index (κ3) is 5.13. The maximum absolute atomic E-state index is 13.3. The minimum atomic E-state index is -0.996. The number of allylic oxidation sites excluding steroid dienone is 2. The van der Waals surface area contributed by atoms with Gasteiger partial charge in [0, 0.05) is 71.1 Å². The number of carbonyl (C=O) groups is 4. The van der Waals surface area contributed by atoms with Crippen molar-refractivity contribution in [3.8, 4) is 0 Å². The number of carboxylic acids is 2. The molecule has 5 rings (SSSR count). The summed E-state index contributed by atoms with van der Waals surface area (Å²) in [6, 6.07) is -0.999. The van der Waals surface area contributed by atoms with Crippen molar-refractivity contribution in [1.82, 2.24) is 20.6 Å². The number of H-pyrrole nitrogens is 2. The van der Waals surface area contributed by atoms with Crippen LogP contribution in [0.5, 0.6) is 0 Å². The summed E-state index contributed by atoms with van der Waals surface area (Å²) < 4.78 is 0. The molecule has 0 bridgehead atoms. The zero-order valence-electron chi connectivity index (χ0n) is 25.4. The summed E-state index contributed by atoms with van der Waals surface area (Å²) in [7, 11) is 0. The summed E-state index contributed by atoms with van der Waals surface area (Å²) in [5, 5.41) is 25.3. The van der Waals surface area contributed by atoms with Crippen LogP contribution in [-0.4, -0.2) is 55.9 Å². The molecule has 0 aromatic carbocycles. The van der Waals surface area contributed by atoms with Crippen LogP contribution in [0.3, 0.4) is 0 Å². The molecule has 3 aliphatic rings. The smallest absolute Gasteiger partial charge is 0.326 e. The van der Waals surface area contributed by atoms with Gasteiger partial charge in [-0.2, -0.15) is 0 Å². The van der Waals surface area contributed by atoms with Crippen molar-refractivity contribution in [2.45, 2.75) is 85.2 Å². The highest BCUT2D eigenvalue weighted by Crippen LogP contribution is 2.44. The second kappa shape index (κ2) is 11.4. The maximum Gasteiger partial charge on any atom is 0.326 e. The maximum atomic E-state index is 13.3. The van der Waals surface area contributed by atoms with Crippen LogP contribution in [0.2, 0.25) is 0 Å². The highest BCUT2D eigenvalue weighted by molar-refractivity contribution is 6.13. The van der Waals surface area contributed by atoms with Gasteiger partial charge in [0.15, 0.2) is 5.78 Å². The molecule has 10 heteroatoms. The van der Waals surface area contributed by atoms with E-state index in [1.807, 2.05) is 20.8 Å². The molecule has 4 heterocycles. The molecule has 3 unspecified atom stereocenters. The number of carboxylic acid groups (broad SMARTS) is 2. The van der Waals surface area contributed by atoms with Gasteiger partial charge in [-0.15, -0.1) is 0 Å². The highest BCUT2D eigenvalue weighted by atomic mass is 16.4. The first-order valence-electron chi connectivity index (χ1n) is 14.9. The van der Waals surface area contributed by atoms with Crippen molar-refractivity contribution in [2.24, 2.45) is 11.8 Å². The minimum Gasteiger partial charge on any atom is -0.481 e. The van der Waals surface area contributed by atoms with Gasteiger partial charge in [-0.05, 0) is 61.8 Å². The van der Waals surface area contributed by atoms with Crippen molar-refractivity contribution in [3.63, 3.8) is 0 Å². The molecule has 2 aromatic heterocycles. The molecule has 2 aromatic rings. The number of hydrogen-bond donors (Lipinski definition) is 6. The number of carbonyl (C=O) groups excluding carboxylic acids is 2. The summed E-state index contributed by atoms with van der Waals surface area (Å²) in [5.74, 6) is -2.68. The summed E-state index contributed by atoms with van der Waals surface area (Å²) in [5.41, 5.74) is 10.5. The van der Waals surface area contributed by atoms with Crippen molar-refractivity contribution >= 4 is 29.2 Å². The first kappa shape index (κ1) is 30.1. The Morgan fingerprint density at radius 2 is 1.74 bits per heavy atom. The number of amides is 1. The van der Waals surface area contributed by atoms with E-state index in [1.54, 1.807) is 6.08 Å². The molecule has 0 spiro atoms. The van der Waals surface area contributed by atoms with Gasteiger partial charge in [-0.1, -0.05) is 26.5 Å². The van der Waals surface area contributed by atoms with Gasteiger partial charge in [-0.25, -0.2) is 4.79 Å². The molecule has 1 amide bonds. The van der Waals surface area contributed by atoms with Crippen molar-refractivity contribution in [1.29, 1.82) is 0 Å². The van der Waals surface area contributed by atoms with Crippen LogP contribution in [-0.2, 0) is 33.6 Å². The number of fused-ring (bicyclic) bond motifs is 1. The molecule has 0 radical (unpaired) electrons. The molecule has 1 aliphatic carbocycles. The van der Waals surface area contributed by atoms with Gasteiger partial charge >= 0.3 is 11.9 Å². The molecule has 6 N–H and O–H groups in total. The molecule has 2 aliphatic heterocycles. The Balaban J connectivity index is 1.49. The Hall–Kier alpha value is -4.34. The molecule has 1 saturated heterocycles. The molecular formula is C33H40N4O6. The van der Waals surface area contributed by atoms with Gasteiger partial charge in [0.1, 0.15) is 6.04 Å². The number of aromatic nitrogens is 2. The lowest BCUT2D eigenvalue weighted by atomic mass is 9.85. The number of aromatic amines is 2. The fourth-order valence-electron chi connectivity index (χ4n) is 7.32. The average Bonchev–Trinajstić information content (AvgIpc) is 3.69.